The van der Waals surface area contributed by atoms with Crippen LogP contribution >= 0.6 is 0 Å². The molecule has 0 saturated carbocycles. The van der Waals surface area contributed by atoms with Crippen molar-refractivity contribution in [1.82, 2.24) is 24.6 Å². The Labute approximate surface area is 185 Å². The molecule has 3 heterocycles. The Morgan fingerprint density at radius 3 is 2.50 bits per heavy atom. The predicted octanol–water partition coefficient (Wildman–Crippen LogP) is 3.65. The number of aromatic nitrogens is 4. The quantitative estimate of drug-likeness (QED) is 0.489. The number of amides is 1. The number of anilines is 1. The van der Waals surface area contributed by atoms with Gasteiger partial charge in [0.2, 0.25) is 5.91 Å². The van der Waals surface area contributed by atoms with E-state index in [9.17, 15) is 4.79 Å². The van der Waals surface area contributed by atoms with Crippen LogP contribution in [0.5, 0.6) is 11.5 Å². The van der Waals surface area contributed by atoms with E-state index in [1.54, 1.807) is 16.6 Å². The summed E-state index contributed by atoms with van der Waals surface area (Å²) >= 11 is 0. The van der Waals surface area contributed by atoms with Gasteiger partial charge in [0.05, 0.1) is 18.0 Å². The number of nitrogens with two attached hydrogens (primary N) is 1. The van der Waals surface area contributed by atoms with Crippen molar-refractivity contribution in [3.63, 3.8) is 0 Å². The molecule has 8 nitrogen and oxygen atoms in total. The molecule has 0 aliphatic carbocycles. The molecule has 5 rings (SSSR count). The molecule has 8 heteroatoms. The van der Waals surface area contributed by atoms with Crippen LogP contribution in [0.25, 0.3) is 22.3 Å². The zero-order valence-electron chi connectivity index (χ0n) is 17.6. The van der Waals surface area contributed by atoms with E-state index in [-0.39, 0.29) is 11.9 Å². The third-order valence-electron chi connectivity index (χ3n) is 5.70. The topological polar surface area (TPSA) is 99.2 Å². The zero-order valence-corrected chi connectivity index (χ0v) is 17.6. The summed E-state index contributed by atoms with van der Waals surface area (Å²) in [5.41, 5.74) is 9.02. The average molecular weight is 426 g/mol. The summed E-state index contributed by atoms with van der Waals surface area (Å²) in [4.78, 5) is 22.4. The lowest BCUT2D eigenvalue weighted by Gasteiger charge is -2.19. The molecule has 1 fully saturated rings. The average Bonchev–Trinajstić information content (AvgIpc) is 3.29. The third-order valence-corrected chi connectivity index (χ3v) is 5.70. The fourth-order valence-corrected chi connectivity index (χ4v) is 3.98. The first-order valence-electron chi connectivity index (χ1n) is 10.3. The van der Waals surface area contributed by atoms with Crippen molar-refractivity contribution < 1.29 is 9.53 Å². The van der Waals surface area contributed by atoms with Gasteiger partial charge in [-0.2, -0.15) is 5.10 Å². The van der Waals surface area contributed by atoms with Gasteiger partial charge >= 0.3 is 0 Å². The smallest absolute Gasteiger partial charge is 0.249 e. The van der Waals surface area contributed by atoms with E-state index < -0.39 is 0 Å². The monoisotopic (exact) mass is 426 g/mol. The number of likely N-dealkylation sites (N-methyl/N-ethyl adjacent to an activating group) is 1. The van der Waals surface area contributed by atoms with Crippen LogP contribution in [0.3, 0.4) is 0 Å². The van der Waals surface area contributed by atoms with Gasteiger partial charge in [-0.15, -0.1) is 0 Å². The molecule has 2 aromatic carbocycles. The number of rotatable bonds is 5. The van der Waals surface area contributed by atoms with Crippen LogP contribution in [-0.2, 0) is 11.3 Å². The van der Waals surface area contributed by atoms with Crippen LogP contribution in [0.15, 0.2) is 73.1 Å². The van der Waals surface area contributed by atoms with Crippen molar-refractivity contribution >= 4 is 22.8 Å². The van der Waals surface area contributed by atoms with Crippen molar-refractivity contribution in [2.75, 3.05) is 12.8 Å². The number of hydrogen-bond donors (Lipinski definition) is 1. The standard InChI is InChI=1S/C24H22N6O2/c1-15-12-17(29(2)24(15)31)13-30-23-20(22(25)26-14-27-23)21(28-30)16-8-10-19(11-9-16)32-18-6-4-3-5-7-18/h3-11,14,17H,1,12-13H2,2H3,(H2,25,26,27)/t17-/m0/s1. The highest BCUT2D eigenvalue weighted by Gasteiger charge is 2.32. The molecule has 0 unspecified atom stereocenters. The molecule has 1 aliphatic heterocycles. The molecule has 160 valence electrons. The number of ether oxygens (including phenoxy) is 1. The number of likely N-dealkylation sites (tertiary alicyclic amines) is 1. The van der Waals surface area contributed by atoms with Crippen molar-refractivity contribution in [2.24, 2.45) is 0 Å². The number of para-hydroxylation sites is 1. The summed E-state index contributed by atoms with van der Waals surface area (Å²) in [6, 6.07) is 17.2. The summed E-state index contributed by atoms with van der Waals surface area (Å²) < 4.78 is 7.68. The summed E-state index contributed by atoms with van der Waals surface area (Å²) in [6.45, 7) is 4.36. The molecule has 2 N–H and O–H groups in total. The fraction of sp³-hybridized carbons (Fsp3) is 0.167. The summed E-state index contributed by atoms with van der Waals surface area (Å²) in [5, 5.41) is 5.50. The van der Waals surface area contributed by atoms with Crippen molar-refractivity contribution in [3.05, 3.63) is 73.1 Å². The summed E-state index contributed by atoms with van der Waals surface area (Å²) in [6.07, 6.45) is 2.02. The number of carbonyl (C=O) groups is 1. The third kappa shape index (κ3) is 3.45. The maximum atomic E-state index is 12.2. The van der Waals surface area contributed by atoms with E-state index in [0.717, 1.165) is 17.1 Å². The molecular formula is C24H22N6O2. The number of hydrogen-bond acceptors (Lipinski definition) is 6. The molecule has 0 bridgehead atoms. The minimum absolute atomic E-state index is 0.0326. The van der Waals surface area contributed by atoms with Gasteiger partial charge in [-0.05, 0) is 42.8 Å². The molecule has 4 aromatic rings. The van der Waals surface area contributed by atoms with Crippen LogP contribution in [0.1, 0.15) is 6.42 Å². The van der Waals surface area contributed by atoms with Crippen LogP contribution in [0.4, 0.5) is 5.82 Å². The number of benzene rings is 2. The highest BCUT2D eigenvalue weighted by atomic mass is 16.5. The Bertz CT molecular complexity index is 1310. The molecule has 32 heavy (non-hydrogen) atoms. The minimum Gasteiger partial charge on any atom is -0.457 e. The number of carbonyl (C=O) groups excluding carboxylic acids is 1. The SMILES string of the molecule is C=C1C[C@@H](Cn2nc(-c3ccc(Oc4ccccc4)cc3)c3c(N)ncnc32)N(C)C1=O. The van der Waals surface area contributed by atoms with Crippen molar-refractivity contribution in [2.45, 2.75) is 19.0 Å². The van der Waals surface area contributed by atoms with Gasteiger partial charge in [-0.25, -0.2) is 14.6 Å². The Balaban J connectivity index is 1.49. The number of nitrogen functional groups attached to an aromatic ring is 1. The van der Waals surface area contributed by atoms with Crippen molar-refractivity contribution in [3.8, 4) is 22.8 Å². The van der Waals surface area contributed by atoms with Crippen LogP contribution in [0, 0.1) is 0 Å². The fourth-order valence-electron chi connectivity index (χ4n) is 3.98. The first kappa shape index (κ1) is 19.7. The van der Waals surface area contributed by atoms with E-state index in [0.29, 0.717) is 41.1 Å². The van der Waals surface area contributed by atoms with E-state index in [1.807, 2.05) is 54.6 Å². The Hall–Kier alpha value is -4.20. The Morgan fingerprint density at radius 2 is 1.81 bits per heavy atom. The van der Waals surface area contributed by atoms with E-state index in [1.165, 1.54) is 6.33 Å². The van der Waals surface area contributed by atoms with Gasteiger partial charge in [0.15, 0.2) is 5.65 Å². The minimum atomic E-state index is -0.0382. The summed E-state index contributed by atoms with van der Waals surface area (Å²) in [7, 11) is 1.78. The molecule has 1 saturated heterocycles. The molecular weight excluding hydrogens is 404 g/mol. The van der Waals surface area contributed by atoms with Crippen LogP contribution in [-0.4, -0.2) is 43.6 Å². The highest BCUT2D eigenvalue weighted by Crippen LogP contribution is 2.33. The van der Waals surface area contributed by atoms with Crippen LogP contribution in [0.2, 0.25) is 0 Å². The molecule has 2 aromatic heterocycles. The van der Waals surface area contributed by atoms with Gasteiger partial charge in [-0.1, -0.05) is 24.8 Å². The summed E-state index contributed by atoms with van der Waals surface area (Å²) in [5.74, 6) is 1.82. The van der Waals surface area contributed by atoms with Crippen LogP contribution < -0.4 is 10.5 Å². The van der Waals surface area contributed by atoms with E-state index in [4.69, 9.17) is 15.6 Å². The molecule has 1 aliphatic rings. The highest BCUT2D eigenvalue weighted by molar-refractivity contribution is 5.98. The number of fused-ring (bicyclic) bond motifs is 1. The van der Waals surface area contributed by atoms with Gasteiger partial charge in [0.25, 0.3) is 0 Å². The second kappa shape index (κ2) is 7.81. The first-order valence-corrected chi connectivity index (χ1v) is 10.3. The van der Waals surface area contributed by atoms with Gasteiger partial charge < -0.3 is 15.4 Å². The Kier molecular flexibility index (Phi) is 4.82. The Morgan fingerprint density at radius 1 is 1.09 bits per heavy atom. The number of nitrogens with zero attached hydrogens (tertiary/aromatic N) is 5. The lowest BCUT2D eigenvalue weighted by molar-refractivity contribution is -0.125. The van der Waals surface area contributed by atoms with Gasteiger partial charge in [0, 0.05) is 18.2 Å². The van der Waals surface area contributed by atoms with E-state index >= 15 is 0 Å². The lowest BCUT2D eigenvalue weighted by Crippen LogP contribution is -2.32. The lowest BCUT2D eigenvalue weighted by atomic mass is 10.1. The molecule has 0 radical (unpaired) electrons. The largest absolute Gasteiger partial charge is 0.457 e. The van der Waals surface area contributed by atoms with Crippen molar-refractivity contribution in [1.29, 1.82) is 0 Å². The first-order chi connectivity index (χ1) is 15.5. The predicted molar refractivity (Wildman–Crippen MR) is 122 cm³/mol. The maximum absolute atomic E-state index is 12.2. The molecule has 1 amide bonds. The zero-order chi connectivity index (χ0) is 22.2. The molecule has 1 atom stereocenters. The second-order valence-electron chi connectivity index (χ2n) is 7.81. The normalized spacial score (nSPS) is 16.2. The second-order valence-corrected chi connectivity index (χ2v) is 7.81. The van der Waals surface area contributed by atoms with Gasteiger partial charge in [0.1, 0.15) is 29.3 Å². The van der Waals surface area contributed by atoms with Gasteiger partial charge in [-0.3, -0.25) is 4.79 Å². The molecule has 0 spiro atoms. The van der Waals surface area contributed by atoms with E-state index in [2.05, 4.69) is 16.5 Å². The maximum Gasteiger partial charge on any atom is 0.249 e.